The van der Waals surface area contributed by atoms with Crippen molar-refractivity contribution in [2.45, 2.75) is 84.8 Å². The summed E-state index contributed by atoms with van der Waals surface area (Å²) in [4.78, 5) is 35.5. The minimum absolute atomic E-state index is 0.137. The van der Waals surface area contributed by atoms with Gasteiger partial charge in [-0.1, -0.05) is 13.0 Å². The molecule has 0 aliphatic heterocycles. The fraction of sp³-hybridized carbons (Fsp3) is 0.483. The van der Waals surface area contributed by atoms with Crippen molar-refractivity contribution in [2.24, 2.45) is 0 Å². The Bertz CT molecular complexity index is 1160. The third kappa shape index (κ3) is 11.9. The van der Waals surface area contributed by atoms with Crippen LogP contribution in [0.4, 0.5) is 0 Å². The molecule has 0 aliphatic rings. The lowest BCUT2D eigenvalue weighted by Crippen LogP contribution is -2.27. The molecule has 0 saturated carbocycles. The lowest BCUT2D eigenvalue weighted by atomic mass is 10.1. The summed E-state index contributed by atoms with van der Waals surface area (Å²) in [7, 11) is -1.10. The number of rotatable bonds is 8. The van der Waals surface area contributed by atoms with E-state index in [0.29, 0.717) is 22.8 Å². The van der Waals surface area contributed by atoms with Gasteiger partial charge in [-0.15, -0.1) is 0 Å². The van der Waals surface area contributed by atoms with Gasteiger partial charge in [0.05, 0.1) is 0 Å². The molecule has 0 aromatic heterocycles. The number of carbonyl (C=O) groups excluding carboxylic acids is 3. The number of benzene rings is 2. The molecule has 0 saturated heterocycles. The molecule has 0 aliphatic carbocycles. The van der Waals surface area contributed by atoms with E-state index in [1.807, 2.05) is 27.7 Å². The third-order valence-electron chi connectivity index (χ3n) is 4.51. The molecule has 8 nitrogen and oxygen atoms in total. The van der Waals surface area contributed by atoms with Crippen LogP contribution in [0.2, 0.25) is 0 Å². The van der Waals surface area contributed by atoms with Crippen molar-refractivity contribution in [3.63, 3.8) is 0 Å². The first-order chi connectivity index (χ1) is 17.4. The van der Waals surface area contributed by atoms with E-state index < -0.39 is 22.4 Å². The van der Waals surface area contributed by atoms with Gasteiger partial charge in [0.1, 0.15) is 34.0 Å². The molecule has 2 aromatic rings. The standard InChI is InChI=1S/C22H26O6S.C7H14O2/c1-14-12-16(29(6)25)10-11-17(14)27-19-9-7-8-18(21(19)15(2)23)26-13-20(24)28-22(3,4)5;1-5-6(8)9-7(2,3)4/h7-12H,13H2,1-6H3;5H2,1-4H3. The zero-order valence-electron chi connectivity index (χ0n) is 24.1. The second kappa shape index (κ2) is 14.1. The number of ketones is 1. The summed E-state index contributed by atoms with van der Waals surface area (Å²) in [5, 5.41) is 0. The summed E-state index contributed by atoms with van der Waals surface area (Å²) in [6, 6.07) is 10.1. The Morgan fingerprint density at radius 1 is 0.842 bits per heavy atom. The lowest BCUT2D eigenvalue weighted by molar-refractivity contribution is -0.157. The van der Waals surface area contributed by atoms with Crippen LogP contribution in [-0.2, 0) is 29.9 Å². The molecular weight excluding hydrogens is 508 g/mol. The molecule has 2 aromatic carbocycles. The van der Waals surface area contributed by atoms with E-state index in [4.69, 9.17) is 18.9 Å². The van der Waals surface area contributed by atoms with E-state index in [0.717, 1.165) is 5.56 Å². The molecule has 9 heteroatoms. The fourth-order valence-electron chi connectivity index (χ4n) is 3.02. The topological polar surface area (TPSA) is 105 Å². The molecule has 38 heavy (non-hydrogen) atoms. The molecule has 0 radical (unpaired) electrons. The molecular formula is C29H40O8S. The van der Waals surface area contributed by atoms with Gasteiger partial charge in [-0.3, -0.25) is 13.8 Å². The number of aryl methyl sites for hydroxylation is 1. The van der Waals surface area contributed by atoms with Crippen molar-refractivity contribution in [3.8, 4) is 17.2 Å². The molecule has 210 valence electrons. The van der Waals surface area contributed by atoms with Crippen LogP contribution in [0, 0.1) is 6.92 Å². The first-order valence-corrected chi connectivity index (χ1v) is 13.8. The summed E-state index contributed by atoms with van der Waals surface area (Å²) < 4.78 is 33.3. The minimum atomic E-state index is -1.10. The van der Waals surface area contributed by atoms with E-state index in [1.54, 1.807) is 70.3 Å². The van der Waals surface area contributed by atoms with Gasteiger partial charge in [0, 0.05) is 28.4 Å². The Morgan fingerprint density at radius 3 is 1.84 bits per heavy atom. The Labute approximate surface area is 228 Å². The normalized spacial score (nSPS) is 11.9. The number of carbonyl (C=O) groups is 3. The van der Waals surface area contributed by atoms with Gasteiger partial charge in [-0.2, -0.15) is 0 Å². The lowest BCUT2D eigenvalue weighted by Gasteiger charge is -2.20. The summed E-state index contributed by atoms with van der Waals surface area (Å²) in [6.07, 6.45) is 2.06. The van der Waals surface area contributed by atoms with Crippen molar-refractivity contribution in [3.05, 3.63) is 47.5 Å². The summed E-state index contributed by atoms with van der Waals surface area (Å²) in [5.74, 6) is 0.159. The predicted octanol–water partition coefficient (Wildman–Crippen LogP) is 6.19. The van der Waals surface area contributed by atoms with Crippen LogP contribution in [0.1, 0.15) is 77.7 Å². The highest BCUT2D eigenvalue weighted by atomic mass is 32.2. The number of ether oxygens (including phenoxy) is 4. The Kier molecular flexibility index (Phi) is 12.2. The molecule has 2 rings (SSSR count). The van der Waals surface area contributed by atoms with E-state index >= 15 is 0 Å². The monoisotopic (exact) mass is 548 g/mol. The smallest absolute Gasteiger partial charge is 0.344 e. The average Bonchev–Trinajstić information content (AvgIpc) is 2.76. The summed E-state index contributed by atoms with van der Waals surface area (Å²) in [5.41, 5.74) is 0.0687. The molecule has 0 bridgehead atoms. The van der Waals surface area contributed by atoms with Crippen molar-refractivity contribution < 1.29 is 37.5 Å². The van der Waals surface area contributed by atoms with Crippen molar-refractivity contribution in [1.82, 2.24) is 0 Å². The van der Waals surface area contributed by atoms with Crippen LogP contribution >= 0.6 is 0 Å². The SMILES string of the molecule is CC(=O)c1c(OCC(=O)OC(C)(C)C)cccc1Oc1ccc(S(C)=O)cc1C.CCC(=O)OC(C)(C)C. The molecule has 0 spiro atoms. The first kappa shape index (κ1) is 32.8. The van der Waals surface area contributed by atoms with Gasteiger partial charge in [0.25, 0.3) is 0 Å². The van der Waals surface area contributed by atoms with Gasteiger partial charge in [0.15, 0.2) is 12.4 Å². The van der Waals surface area contributed by atoms with Crippen LogP contribution in [0.25, 0.3) is 0 Å². The maximum Gasteiger partial charge on any atom is 0.344 e. The highest BCUT2D eigenvalue weighted by Crippen LogP contribution is 2.34. The van der Waals surface area contributed by atoms with Crippen LogP contribution < -0.4 is 9.47 Å². The van der Waals surface area contributed by atoms with Gasteiger partial charge >= 0.3 is 11.9 Å². The van der Waals surface area contributed by atoms with Crippen molar-refractivity contribution >= 4 is 28.5 Å². The highest BCUT2D eigenvalue weighted by molar-refractivity contribution is 7.84. The van der Waals surface area contributed by atoms with E-state index in [9.17, 15) is 18.6 Å². The number of Topliss-reactive ketones (excluding diaryl/α,β-unsaturated/α-hetero) is 1. The van der Waals surface area contributed by atoms with Gasteiger partial charge in [0.2, 0.25) is 0 Å². The van der Waals surface area contributed by atoms with Gasteiger partial charge in [-0.05, 0) is 91.3 Å². The number of esters is 2. The van der Waals surface area contributed by atoms with Crippen LogP contribution in [0.15, 0.2) is 41.3 Å². The maximum atomic E-state index is 12.3. The van der Waals surface area contributed by atoms with E-state index in [-0.39, 0.29) is 35.3 Å². The molecule has 0 N–H and O–H groups in total. The number of hydrogen-bond acceptors (Lipinski definition) is 8. The zero-order chi connectivity index (χ0) is 29.3. The summed E-state index contributed by atoms with van der Waals surface area (Å²) >= 11 is 0. The molecule has 1 unspecified atom stereocenters. The number of hydrogen-bond donors (Lipinski definition) is 0. The van der Waals surface area contributed by atoms with Gasteiger partial charge < -0.3 is 18.9 Å². The molecule has 0 amide bonds. The maximum absolute atomic E-state index is 12.3. The average molecular weight is 549 g/mol. The minimum Gasteiger partial charge on any atom is -0.481 e. The van der Waals surface area contributed by atoms with Crippen LogP contribution in [-0.4, -0.2) is 46.0 Å². The van der Waals surface area contributed by atoms with Crippen LogP contribution in [0.3, 0.4) is 0 Å². The fourth-order valence-corrected chi connectivity index (χ4v) is 3.62. The summed E-state index contributed by atoms with van der Waals surface area (Å²) in [6.45, 7) is 15.6. The largest absolute Gasteiger partial charge is 0.481 e. The molecule has 1 atom stereocenters. The van der Waals surface area contributed by atoms with E-state index in [2.05, 4.69) is 0 Å². The molecule has 0 fully saturated rings. The third-order valence-corrected chi connectivity index (χ3v) is 5.43. The Balaban J connectivity index is 0.000000686. The first-order valence-electron chi connectivity index (χ1n) is 12.3. The quantitative estimate of drug-likeness (QED) is 0.284. The predicted molar refractivity (Wildman–Crippen MR) is 148 cm³/mol. The Hall–Kier alpha value is -3.20. The van der Waals surface area contributed by atoms with E-state index in [1.165, 1.54) is 6.92 Å². The Morgan fingerprint density at radius 2 is 1.39 bits per heavy atom. The second-order valence-electron chi connectivity index (χ2n) is 10.5. The van der Waals surface area contributed by atoms with Gasteiger partial charge in [-0.25, -0.2) is 4.79 Å². The highest BCUT2D eigenvalue weighted by Gasteiger charge is 2.20. The van der Waals surface area contributed by atoms with Crippen molar-refractivity contribution in [1.29, 1.82) is 0 Å². The van der Waals surface area contributed by atoms with Crippen LogP contribution in [0.5, 0.6) is 17.2 Å². The molecule has 0 heterocycles. The zero-order valence-corrected chi connectivity index (χ0v) is 24.9. The second-order valence-corrected chi connectivity index (χ2v) is 11.9. The van der Waals surface area contributed by atoms with Crippen molar-refractivity contribution in [2.75, 3.05) is 12.9 Å².